The number of aromatic nitrogens is 2. The van der Waals surface area contributed by atoms with Crippen LogP contribution in [0, 0.1) is 11.3 Å². The summed E-state index contributed by atoms with van der Waals surface area (Å²) in [7, 11) is 0. The Kier molecular flexibility index (Phi) is 6.56. The van der Waals surface area contributed by atoms with Crippen molar-refractivity contribution < 1.29 is 26.3 Å². The number of nitrogen functional groups attached to an aromatic ring is 1. The molecule has 4 N–H and O–H groups in total. The lowest BCUT2D eigenvalue weighted by atomic mass is 10.3. The molecule has 23 heavy (non-hydrogen) atoms. The molecule has 0 bridgehead atoms. The number of nitrogens with two attached hydrogens (primary N) is 1. The number of alkyl halides is 6. The van der Waals surface area contributed by atoms with E-state index in [0.717, 1.165) is 13.8 Å². The number of halogens is 7. The van der Waals surface area contributed by atoms with Crippen molar-refractivity contribution in [2.45, 2.75) is 38.3 Å². The predicted octanol–water partition coefficient (Wildman–Crippen LogP) is 2.75. The van der Waals surface area contributed by atoms with Gasteiger partial charge in [0, 0.05) is 0 Å². The van der Waals surface area contributed by atoms with Gasteiger partial charge in [-0.05, 0) is 13.8 Å². The maximum absolute atomic E-state index is 12.6. The third-order valence-corrected chi connectivity index (χ3v) is 2.80. The maximum atomic E-state index is 12.6. The molecule has 1 heterocycles. The summed E-state index contributed by atoms with van der Waals surface area (Å²) in [6, 6.07) is -2.67. The van der Waals surface area contributed by atoms with Gasteiger partial charge in [0.05, 0.1) is 0 Å². The highest BCUT2D eigenvalue weighted by atomic mass is 35.5. The Balaban J connectivity index is 0.00000484. The van der Waals surface area contributed by atoms with Crippen LogP contribution >= 0.6 is 12.4 Å². The van der Waals surface area contributed by atoms with Crippen molar-refractivity contribution >= 4 is 24.0 Å². The number of hydrogen-bond donors (Lipinski definition) is 3. The normalized spacial score (nSPS) is 14.6. The van der Waals surface area contributed by atoms with Gasteiger partial charge in [-0.25, -0.2) is 10.1 Å². The van der Waals surface area contributed by atoms with Crippen molar-refractivity contribution in [1.82, 2.24) is 15.2 Å². The fourth-order valence-electron chi connectivity index (χ4n) is 1.34. The Morgan fingerprint density at radius 3 is 2.09 bits per heavy atom. The summed E-state index contributed by atoms with van der Waals surface area (Å²) >= 11 is 0. The summed E-state index contributed by atoms with van der Waals surface area (Å²) in [6.45, 7) is 1.53. The summed E-state index contributed by atoms with van der Waals surface area (Å²) < 4.78 is 75.3. The summed E-state index contributed by atoms with van der Waals surface area (Å²) in [5, 5.41) is 12.3. The summed E-state index contributed by atoms with van der Waals surface area (Å²) in [6.07, 6.45) is -9.27. The smallest absolute Gasteiger partial charge is 0.383 e. The lowest BCUT2D eigenvalue weighted by molar-refractivity contribution is -0.164. The van der Waals surface area contributed by atoms with Crippen LogP contribution in [0.1, 0.15) is 25.5 Å². The lowest BCUT2D eigenvalue weighted by Crippen LogP contribution is -2.43. The van der Waals surface area contributed by atoms with Crippen LogP contribution in [0.25, 0.3) is 0 Å². The molecule has 6 nitrogen and oxygen atoms in total. The molecule has 0 aliphatic heterocycles. The predicted molar refractivity (Wildman–Crippen MR) is 71.6 cm³/mol. The topological polar surface area (TPSA) is 91.7 Å². The molecule has 0 spiro atoms. The minimum Gasteiger partial charge on any atom is -0.383 e. The molecule has 0 fully saturated rings. The van der Waals surface area contributed by atoms with E-state index < -0.39 is 41.6 Å². The second-order valence-electron chi connectivity index (χ2n) is 4.42. The second kappa shape index (κ2) is 7.14. The quantitative estimate of drug-likeness (QED) is 0.563. The van der Waals surface area contributed by atoms with Gasteiger partial charge in [0.2, 0.25) is 0 Å². The molecular formula is C10H13ClF6N6. The van der Waals surface area contributed by atoms with Gasteiger partial charge in [0.15, 0.2) is 5.82 Å². The Labute approximate surface area is 133 Å². The molecule has 0 aromatic carbocycles. The highest BCUT2D eigenvalue weighted by Crippen LogP contribution is 2.34. The Hall–Kier alpha value is -1.87. The van der Waals surface area contributed by atoms with E-state index in [1.54, 1.807) is 5.43 Å². The van der Waals surface area contributed by atoms with Crippen LogP contribution in [-0.4, -0.2) is 28.2 Å². The second-order valence-corrected chi connectivity index (χ2v) is 4.42. The van der Waals surface area contributed by atoms with E-state index in [0.29, 0.717) is 4.68 Å². The molecule has 0 saturated heterocycles. The molecule has 0 aliphatic carbocycles. The number of anilines is 2. The van der Waals surface area contributed by atoms with Crippen molar-refractivity contribution in [3.8, 4) is 6.07 Å². The van der Waals surface area contributed by atoms with E-state index in [9.17, 15) is 26.3 Å². The zero-order chi connectivity index (χ0) is 17.3. The van der Waals surface area contributed by atoms with E-state index in [1.807, 2.05) is 5.43 Å². The summed E-state index contributed by atoms with van der Waals surface area (Å²) in [5.41, 5.74) is 8.66. The monoisotopic (exact) mass is 366 g/mol. The zero-order valence-electron chi connectivity index (χ0n) is 11.7. The first-order chi connectivity index (χ1) is 9.89. The first-order valence-electron chi connectivity index (χ1n) is 5.82. The van der Waals surface area contributed by atoms with Crippen LogP contribution in [-0.2, 0) is 0 Å². The molecule has 132 valence electrons. The van der Waals surface area contributed by atoms with Crippen molar-refractivity contribution in [2.24, 2.45) is 0 Å². The van der Waals surface area contributed by atoms with Crippen LogP contribution in [0.2, 0.25) is 0 Å². The maximum Gasteiger partial charge on any atom is 0.410 e. The first kappa shape index (κ1) is 21.1. The highest BCUT2D eigenvalue weighted by Gasteiger charge is 2.40. The van der Waals surface area contributed by atoms with E-state index in [2.05, 4.69) is 5.10 Å². The number of nitrogens with zero attached hydrogens (tertiary/aromatic N) is 3. The SMILES string of the molecule is C[C@H](NNc1nn([C@@H](C)C(F)(F)F)c(N)c1C#N)C(F)(F)F.Cl. The summed E-state index contributed by atoms with van der Waals surface area (Å²) in [5.74, 6) is -1.12. The summed E-state index contributed by atoms with van der Waals surface area (Å²) in [4.78, 5) is 0. The Morgan fingerprint density at radius 2 is 1.70 bits per heavy atom. The Morgan fingerprint density at radius 1 is 1.17 bits per heavy atom. The number of hydrogen-bond acceptors (Lipinski definition) is 5. The van der Waals surface area contributed by atoms with Gasteiger partial charge in [-0.3, -0.25) is 0 Å². The fourth-order valence-corrected chi connectivity index (χ4v) is 1.34. The van der Waals surface area contributed by atoms with E-state index in [-0.39, 0.29) is 12.4 Å². The van der Waals surface area contributed by atoms with Crippen LogP contribution in [0.15, 0.2) is 0 Å². The number of nitrogens with one attached hydrogen (secondary N) is 2. The van der Waals surface area contributed by atoms with Crippen LogP contribution in [0.5, 0.6) is 0 Å². The van der Waals surface area contributed by atoms with E-state index in [1.165, 1.54) is 6.07 Å². The standard InChI is InChI=1S/C10H12F6N6.ClH/c1-4(9(11,12)13)19-20-8-6(3-17)7(18)22(21-8)5(2)10(14,15)16;/h4-5,19H,18H2,1-2H3,(H,20,21);1H/t4-,5-;/m0./s1. The van der Waals surface area contributed by atoms with Gasteiger partial charge in [0.25, 0.3) is 0 Å². The van der Waals surface area contributed by atoms with Crippen LogP contribution in [0.4, 0.5) is 38.0 Å². The van der Waals surface area contributed by atoms with Crippen molar-refractivity contribution in [1.29, 1.82) is 5.26 Å². The fraction of sp³-hybridized carbons (Fsp3) is 0.600. The molecule has 0 amide bonds. The van der Waals surface area contributed by atoms with Gasteiger partial charge in [-0.1, -0.05) is 0 Å². The molecule has 1 rings (SSSR count). The third kappa shape index (κ3) is 4.80. The average Bonchev–Trinajstić information content (AvgIpc) is 2.68. The molecule has 13 heteroatoms. The van der Waals surface area contributed by atoms with Crippen molar-refractivity contribution in [3.05, 3.63) is 5.56 Å². The number of hydrazine groups is 1. The van der Waals surface area contributed by atoms with E-state index in [4.69, 9.17) is 11.0 Å². The molecule has 1 aromatic rings. The van der Waals surface area contributed by atoms with Crippen LogP contribution < -0.4 is 16.6 Å². The largest absolute Gasteiger partial charge is 0.410 e. The molecule has 0 radical (unpaired) electrons. The molecule has 1 aromatic heterocycles. The van der Waals surface area contributed by atoms with Crippen molar-refractivity contribution in [2.75, 3.05) is 11.2 Å². The van der Waals surface area contributed by atoms with Gasteiger partial charge in [0.1, 0.15) is 29.5 Å². The van der Waals surface area contributed by atoms with Gasteiger partial charge >= 0.3 is 12.4 Å². The van der Waals surface area contributed by atoms with E-state index >= 15 is 0 Å². The zero-order valence-corrected chi connectivity index (χ0v) is 12.6. The minimum absolute atomic E-state index is 0. The van der Waals surface area contributed by atoms with Crippen LogP contribution in [0.3, 0.4) is 0 Å². The number of rotatable bonds is 4. The van der Waals surface area contributed by atoms with Crippen molar-refractivity contribution in [3.63, 3.8) is 0 Å². The Bertz CT molecular complexity index is 574. The minimum atomic E-state index is -4.68. The third-order valence-electron chi connectivity index (χ3n) is 2.80. The molecular weight excluding hydrogens is 354 g/mol. The van der Waals surface area contributed by atoms with Gasteiger partial charge < -0.3 is 11.2 Å². The van der Waals surface area contributed by atoms with Gasteiger partial charge in [-0.15, -0.1) is 12.4 Å². The number of nitriles is 1. The van der Waals surface area contributed by atoms with Gasteiger partial charge in [-0.2, -0.15) is 36.7 Å². The average molecular weight is 367 g/mol. The molecule has 0 aliphatic rings. The lowest BCUT2D eigenvalue weighted by Gasteiger charge is -2.18. The first-order valence-corrected chi connectivity index (χ1v) is 5.82. The molecule has 0 unspecified atom stereocenters. The molecule has 0 saturated carbocycles. The highest BCUT2D eigenvalue weighted by molar-refractivity contribution is 5.85. The molecule has 2 atom stereocenters.